The first-order chi connectivity index (χ1) is 8.30. The molecule has 0 saturated carbocycles. The quantitative estimate of drug-likeness (QED) is 0.785. The van der Waals surface area contributed by atoms with Gasteiger partial charge in [-0.1, -0.05) is 0 Å². The van der Waals surface area contributed by atoms with Gasteiger partial charge in [0.05, 0.1) is 17.0 Å². The number of hydrogen-bond donors (Lipinski definition) is 2. The van der Waals surface area contributed by atoms with Gasteiger partial charge in [0.2, 0.25) is 0 Å². The van der Waals surface area contributed by atoms with E-state index in [1.165, 1.54) is 12.3 Å². The van der Waals surface area contributed by atoms with Crippen LogP contribution in [0.2, 0.25) is 0 Å². The second-order valence-electron chi connectivity index (χ2n) is 4.83. The molecule has 0 bridgehead atoms. The van der Waals surface area contributed by atoms with Gasteiger partial charge < -0.3 is 11.1 Å². The van der Waals surface area contributed by atoms with Gasteiger partial charge in [-0.25, -0.2) is 13.4 Å². The van der Waals surface area contributed by atoms with Crippen molar-refractivity contribution in [3.05, 3.63) is 23.9 Å². The van der Waals surface area contributed by atoms with E-state index in [9.17, 15) is 13.2 Å². The van der Waals surface area contributed by atoms with E-state index in [-0.39, 0.29) is 23.2 Å². The maximum Gasteiger partial charge on any atom is 0.251 e. The molecule has 1 fully saturated rings. The van der Waals surface area contributed by atoms with Gasteiger partial charge in [-0.05, 0) is 25.5 Å². The van der Waals surface area contributed by atoms with Crippen LogP contribution in [0.25, 0.3) is 0 Å². The van der Waals surface area contributed by atoms with Crippen molar-refractivity contribution in [2.45, 2.75) is 18.9 Å². The molecule has 7 heteroatoms. The Bertz CT molecular complexity index is 585. The van der Waals surface area contributed by atoms with Crippen molar-refractivity contribution in [3.8, 4) is 0 Å². The smallest absolute Gasteiger partial charge is 0.251 e. The number of nitrogens with two attached hydrogens (primary N) is 1. The SMILES string of the molecule is CC1(NC(=O)c2ccnc(N)c2)CCS(=O)(=O)C1. The van der Waals surface area contributed by atoms with Gasteiger partial charge in [0.1, 0.15) is 5.82 Å². The molecule has 1 unspecified atom stereocenters. The van der Waals surface area contributed by atoms with Crippen molar-refractivity contribution < 1.29 is 13.2 Å². The maximum absolute atomic E-state index is 12.0. The van der Waals surface area contributed by atoms with E-state index < -0.39 is 15.4 Å². The Balaban J connectivity index is 2.13. The third-order valence-corrected chi connectivity index (χ3v) is 4.87. The Morgan fingerprint density at radius 2 is 2.28 bits per heavy atom. The zero-order valence-electron chi connectivity index (χ0n) is 10.0. The molecular formula is C11H15N3O3S. The third kappa shape index (κ3) is 2.79. The average molecular weight is 269 g/mol. The highest BCUT2D eigenvalue weighted by atomic mass is 32.2. The average Bonchev–Trinajstić information content (AvgIpc) is 2.52. The van der Waals surface area contributed by atoms with Crippen LogP contribution in [0.4, 0.5) is 5.82 Å². The van der Waals surface area contributed by atoms with Crippen molar-refractivity contribution in [3.63, 3.8) is 0 Å². The summed E-state index contributed by atoms with van der Waals surface area (Å²) in [6, 6.07) is 3.00. The van der Waals surface area contributed by atoms with Crippen LogP contribution in [-0.4, -0.2) is 36.4 Å². The second kappa shape index (κ2) is 4.24. The summed E-state index contributed by atoms with van der Waals surface area (Å²) in [4.78, 5) is 15.8. The van der Waals surface area contributed by atoms with Crippen molar-refractivity contribution in [1.82, 2.24) is 10.3 Å². The number of carbonyl (C=O) groups is 1. The highest BCUT2D eigenvalue weighted by Gasteiger charge is 2.39. The summed E-state index contributed by atoms with van der Waals surface area (Å²) < 4.78 is 22.9. The Hall–Kier alpha value is -1.63. The van der Waals surface area contributed by atoms with Crippen LogP contribution >= 0.6 is 0 Å². The van der Waals surface area contributed by atoms with E-state index in [0.717, 1.165) is 0 Å². The van der Waals surface area contributed by atoms with Crippen molar-refractivity contribution >= 4 is 21.6 Å². The van der Waals surface area contributed by atoms with E-state index in [0.29, 0.717) is 12.0 Å². The van der Waals surface area contributed by atoms with Crippen LogP contribution in [0.5, 0.6) is 0 Å². The highest BCUT2D eigenvalue weighted by molar-refractivity contribution is 7.91. The predicted molar refractivity (Wildman–Crippen MR) is 67.8 cm³/mol. The first kappa shape index (κ1) is 12.8. The molecule has 0 aliphatic carbocycles. The standard InChI is InChI=1S/C11H15N3O3S/c1-11(3-5-18(16,17)7-11)14-10(15)8-2-4-13-9(12)6-8/h2,4,6H,3,5,7H2,1H3,(H2,12,13)(H,14,15). The highest BCUT2D eigenvalue weighted by Crippen LogP contribution is 2.23. The Morgan fingerprint density at radius 1 is 1.56 bits per heavy atom. The summed E-state index contributed by atoms with van der Waals surface area (Å²) >= 11 is 0. The first-order valence-corrected chi connectivity index (χ1v) is 7.36. The second-order valence-corrected chi connectivity index (χ2v) is 7.01. The minimum atomic E-state index is -3.04. The maximum atomic E-state index is 12.0. The molecule has 2 rings (SSSR count). The molecule has 0 spiro atoms. The van der Waals surface area contributed by atoms with Crippen molar-refractivity contribution in [1.29, 1.82) is 0 Å². The molecule has 0 radical (unpaired) electrons. The lowest BCUT2D eigenvalue weighted by Crippen LogP contribution is -2.46. The zero-order valence-corrected chi connectivity index (χ0v) is 10.8. The first-order valence-electron chi connectivity index (χ1n) is 5.54. The number of amides is 1. The molecule has 1 atom stereocenters. The van der Waals surface area contributed by atoms with Gasteiger partial charge >= 0.3 is 0 Å². The molecule has 1 aromatic heterocycles. The monoisotopic (exact) mass is 269 g/mol. The van der Waals surface area contributed by atoms with E-state index in [1.54, 1.807) is 13.0 Å². The summed E-state index contributed by atoms with van der Waals surface area (Å²) in [5.41, 5.74) is 5.18. The van der Waals surface area contributed by atoms with Crippen LogP contribution in [0.3, 0.4) is 0 Å². The van der Waals surface area contributed by atoms with Gasteiger partial charge in [-0.15, -0.1) is 0 Å². The molecule has 0 aromatic carbocycles. The number of nitrogens with zero attached hydrogens (tertiary/aromatic N) is 1. The molecule has 98 valence electrons. The van der Waals surface area contributed by atoms with Crippen molar-refractivity contribution in [2.75, 3.05) is 17.2 Å². The minimum Gasteiger partial charge on any atom is -0.384 e. The van der Waals surface area contributed by atoms with Gasteiger partial charge in [0.15, 0.2) is 9.84 Å². The number of anilines is 1. The molecule has 1 amide bonds. The number of nitrogen functional groups attached to an aromatic ring is 1. The van der Waals surface area contributed by atoms with Crippen LogP contribution in [0.1, 0.15) is 23.7 Å². The number of rotatable bonds is 2. The summed E-state index contributed by atoms with van der Waals surface area (Å²) in [6.45, 7) is 1.74. The molecule has 6 nitrogen and oxygen atoms in total. The third-order valence-electron chi connectivity index (χ3n) is 2.96. The Kier molecular flexibility index (Phi) is 3.02. The van der Waals surface area contributed by atoms with Crippen LogP contribution in [-0.2, 0) is 9.84 Å². The van der Waals surface area contributed by atoms with E-state index in [4.69, 9.17) is 5.73 Å². The summed E-state index contributed by atoms with van der Waals surface area (Å²) in [6.07, 6.45) is 1.87. The number of pyridine rings is 1. The number of nitrogens with one attached hydrogen (secondary N) is 1. The summed E-state index contributed by atoms with van der Waals surface area (Å²) in [7, 11) is -3.04. The van der Waals surface area contributed by atoms with Crippen LogP contribution < -0.4 is 11.1 Å². The van der Waals surface area contributed by atoms with E-state index >= 15 is 0 Å². The molecular weight excluding hydrogens is 254 g/mol. The largest absolute Gasteiger partial charge is 0.384 e. The number of hydrogen-bond acceptors (Lipinski definition) is 5. The van der Waals surface area contributed by atoms with E-state index in [1.807, 2.05) is 0 Å². The minimum absolute atomic E-state index is 0.0215. The molecule has 3 N–H and O–H groups in total. The number of sulfone groups is 1. The lowest BCUT2D eigenvalue weighted by atomic mass is 10.0. The molecule has 1 aliphatic rings. The molecule has 1 saturated heterocycles. The zero-order chi connectivity index (χ0) is 13.4. The van der Waals surface area contributed by atoms with Gasteiger partial charge in [-0.3, -0.25) is 4.79 Å². The normalized spacial score (nSPS) is 25.8. The Morgan fingerprint density at radius 3 is 2.83 bits per heavy atom. The number of aromatic nitrogens is 1. The lowest BCUT2D eigenvalue weighted by molar-refractivity contribution is 0.0915. The fourth-order valence-electron chi connectivity index (χ4n) is 2.04. The Labute approximate surface area is 106 Å². The predicted octanol–water partition coefficient (Wildman–Crippen LogP) is -0.0292. The molecule has 1 aromatic rings. The molecule has 2 heterocycles. The number of carbonyl (C=O) groups excluding carboxylic acids is 1. The fourth-order valence-corrected chi connectivity index (χ4v) is 4.14. The summed E-state index contributed by atoms with van der Waals surface area (Å²) in [5.74, 6) is 0.0183. The van der Waals surface area contributed by atoms with Crippen LogP contribution in [0, 0.1) is 0 Å². The van der Waals surface area contributed by atoms with Crippen molar-refractivity contribution in [2.24, 2.45) is 0 Å². The molecule has 18 heavy (non-hydrogen) atoms. The van der Waals surface area contributed by atoms with Gasteiger partial charge in [-0.2, -0.15) is 0 Å². The summed E-state index contributed by atoms with van der Waals surface area (Å²) in [5, 5.41) is 2.75. The van der Waals surface area contributed by atoms with Gasteiger partial charge in [0, 0.05) is 11.8 Å². The molecule has 1 aliphatic heterocycles. The fraction of sp³-hybridized carbons (Fsp3) is 0.455. The van der Waals surface area contributed by atoms with Crippen LogP contribution in [0.15, 0.2) is 18.3 Å². The topological polar surface area (TPSA) is 102 Å². The van der Waals surface area contributed by atoms with E-state index in [2.05, 4.69) is 10.3 Å². The van der Waals surface area contributed by atoms with Gasteiger partial charge in [0.25, 0.3) is 5.91 Å². The lowest BCUT2D eigenvalue weighted by Gasteiger charge is -2.23.